The lowest BCUT2D eigenvalue weighted by atomic mass is 9.89. The van der Waals surface area contributed by atoms with E-state index in [4.69, 9.17) is 4.74 Å². The summed E-state index contributed by atoms with van der Waals surface area (Å²) in [5.74, 6) is 2.06. The van der Waals surface area contributed by atoms with Gasteiger partial charge >= 0.3 is 5.97 Å². The zero-order chi connectivity index (χ0) is 14.2. The summed E-state index contributed by atoms with van der Waals surface area (Å²) in [5.41, 5.74) is 1.06. The molecule has 0 radical (unpaired) electrons. The molecule has 0 saturated heterocycles. The smallest absolute Gasteiger partial charge is 0.314 e. The molecule has 2 bridgehead atoms. The van der Waals surface area contributed by atoms with Crippen molar-refractivity contribution < 1.29 is 9.53 Å². The molecule has 0 aliphatic heterocycles. The van der Waals surface area contributed by atoms with E-state index in [-0.39, 0.29) is 11.9 Å². The van der Waals surface area contributed by atoms with Gasteiger partial charge in [-0.1, -0.05) is 6.42 Å². The molecule has 1 aromatic heterocycles. The van der Waals surface area contributed by atoms with E-state index in [1.54, 1.807) is 17.5 Å². The van der Waals surface area contributed by atoms with Crippen molar-refractivity contribution in [3.05, 3.63) is 35.8 Å². The van der Waals surface area contributed by atoms with Crippen LogP contribution in [0.25, 0.3) is 10.6 Å². The average molecular weight is 299 g/mol. The molecule has 1 heterocycles. The van der Waals surface area contributed by atoms with Gasteiger partial charge in [-0.3, -0.25) is 4.79 Å². The summed E-state index contributed by atoms with van der Waals surface area (Å²) in [6.45, 7) is 0. The topological polar surface area (TPSA) is 39.2 Å². The van der Waals surface area contributed by atoms with Crippen molar-refractivity contribution in [1.29, 1.82) is 0 Å². The first-order chi connectivity index (χ1) is 10.3. The second-order valence-corrected chi connectivity index (χ2v) is 6.96. The van der Waals surface area contributed by atoms with Crippen LogP contribution in [-0.2, 0) is 4.79 Å². The second kappa shape index (κ2) is 5.26. The molecular weight excluding hydrogens is 282 g/mol. The van der Waals surface area contributed by atoms with Crippen LogP contribution in [0.1, 0.15) is 25.7 Å². The van der Waals surface area contributed by atoms with E-state index >= 15 is 0 Å². The van der Waals surface area contributed by atoms with Crippen molar-refractivity contribution in [2.45, 2.75) is 25.7 Å². The lowest BCUT2D eigenvalue weighted by Gasteiger charge is -2.19. The van der Waals surface area contributed by atoms with Gasteiger partial charge < -0.3 is 4.74 Å². The Kier molecular flexibility index (Phi) is 3.26. The van der Waals surface area contributed by atoms with Crippen LogP contribution in [0.2, 0.25) is 0 Å². The Balaban J connectivity index is 1.44. The SMILES string of the molecule is O=C(Oc1ccc(-c2nccs2)cc1)[C@H]1C[C@H]2CC[C@H]1C2. The molecule has 3 atom stereocenters. The number of rotatable bonds is 3. The summed E-state index contributed by atoms with van der Waals surface area (Å²) >= 11 is 1.61. The van der Waals surface area contributed by atoms with Gasteiger partial charge in [0.05, 0.1) is 5.92 Å². The second-order valence-electron chi connectivity index (χ2n) is 6.06. The molecular formula is C17H17NO2S. The molecule has 0 amide bonds. The molecule has 0 spiro atoms. The number of thiazole rings is 1. The van der Waals surface area contributed by atoms with Gasteiger partial charge in [-0.05, 0) is 55.4 Å². The predicted molar refractivity (Wildman–Crippen MR) is 82.1 cm³/mol. The minimum absolute atomic E-state index is 0.0378. The summed E-state index contributed by atoms with van der Waals surface area (Å²) < 4.78 is 5.57. The number of hydrogen-bond donors (Lipinski definition) is 0. The number of ether oxygens (including phenoxy) is 1. The van der Waals surface area contributed by atoms with Gasteiger partial charge in [0, 0.05) is 17.1 Å². The Hall–Kier alpha value is -1.68. The minimum atomic E-state index is -0.0378. The van der Waals surface area contributed by atoms with Crippen LogP contribution in [0.4, 0.5) is 0 Å². The van der Waals surface area contributed by atoms with Crippen LogP contribution in [0, 0.1) is 17.8 Å². The molecule has 0 unspecified atom stereocenters. The van der Waals surface area contributed by atoms with Crippen molar-refractivity contribution in [3.8, 4) is 16.3 Å². The number of carbonyl (C=O) groups excluding carboxylic acids is 1. The summed E-state index contributed by atoms with van der Waals surface area (Å²) in [6, 6.07) is 7.65. The largest absolute Gasteiger partial charge is 0.426 e. The Morgan fingerprint density at radius 2 is 2.05 bits per heavy atom. The number of carbonyl (C=O) groups is 1. The lowest BCUT2D eigenvalue weighted by molar-refractivity contribution is -0.140. The quantitative estimate of drug-likeness (QED) is 0.631. The maximum Gasteiger partial charge on any atom is 0.314 e. The molecule has 2 aliphatic rings. The van der Waals surface area contributed by atoms with E-state index in [1.165, 1.54) is 19.3 Å². The fraction of sp³-hybridized carbons (Fsp3) is 0.412. The van der Waals surface area contributed by atoms with E-state index < -0.39 is 0 Å². The van der Waals surface area contributed by atoms with Gasteiger partial charge in [0.25, 0.3) is 0 Å². The standard InChI is InChI=1S/C17H17NO2S/c19-17(15-10-11-1-2-13(15)9-11)20-14-5-3-12(4-6-14)16-18-7-8-21-16/h3-8,11,13,15H,1-2,9-10H2/t11-,13-,15-/m0/s1. The van der Waals surface area contributed by atoms with Crippen LogP contribution >= 0.6 is 11.3 Å². The number of fused-ring (bicyclic) bond motifs is 2. The number of benzene rings is 1. The molecule has 0 N–H and O–H groups in total. The monoisotopic (exact) mass is 299 g/mol. The maximum absolute atomic E-state index is 12.3. The molecule has 2 aliphatic carbocycles. The van der Waals surface area contributed by atoms with Gasteiger partial charge in [-0.15, -0.1) is 11.3 Å². The van der Waals surface area contributed by atoms with E-state index in [1.807, 2.05) is 29.6 Å². The van der Waals surface area contributed by atoms with Crippen molar-refractivity contribution in [1.82, 2.24) is 4.98 Å². The normalized spacial score (nSPS) is 27.0. The van der Waals surface area contributed by atoms with E-state index in [2.05, 4.69) is 4.98 Å². The fourth-order valence-electron chi connectivity index (χ4n) is 3.76. The third kappa shape index (κ3) is 2.48. The first-order valence-corrected chi connectivity index (χ1v) is 8.39. The highest BCUT2D eigenvalue weighted by Crippen LogP contribution is 2.48. The van der Waals surface area contributed by atoms with E-state index in [0.717, 1.165) is 22.9 Å². The number of esters is 1. The van der Waals surface area contributed by atoms with Crippen LogP contribution in [0.3, 0.4) is 0 Å². The summed E-state index contributed by atoms with van der Waals surface area (Å²) in [5, 5.41) is 2.94. The summed E-state index contributed by atoms with van der Waals surface area (Å²) in [4.78, 5) is 16.6. The Bertz CT molecular complexity index is 635. The molecule has 4 rings (SSSR count). The summed E-state index contributed by atoms with van der Waals surface area (Å²) in [7, 11) is 0. The lowest BCUT2D eigenvalue weighted by Crippen LogP contribution is -2.25. The third-order valence-electron chi connectivity index (χ3n) is 4.79. The highest BCUT2D eigenvalue weighted by molar-refractivity contribution is 7.13. The van der Waals surface area contributed by atoms with Crippen molar-refractivity contribution in [2.75, 3.05) is 0 Å². The zero-order valence-corrected chi connectivity index (χ0v) is 12.5. The average Bonchev–Trinajstić information content (AvgIpc) is 3.25. The molecule has 21 heavy (non-hydrogen) atoms. The van der Waals surface area contributed by atoms with Gasteiger partial charge in [-0.2, -0.15) is 0 Å². The van der Waals surface area contributed by atoms with Crippen LogP contribution in [0.5, 0.6) is 5.75 Å². The zero-order valence-electron chi connectivity index (χ0n) is 11.7. The molecule has 3 nitrogen and oxygen atoms in total. The predicted octanol–water partition coefficient (Wildman–Crippen LogP) is 4.15. The number of aromatic nitrogens is 1. The number of hydrogen-bond acceptors (Lipinski definition) is 4. The molecule has 108 valence electrons. The van der Waals surface area contributed by atoms with Crippen molar-refractivity contribution in [2.24, 2.45) is 17.8 Å². The first-order valence-electron chi connectivity index (χ1n) is 7.51. The number of nitrogens with zero attached hydrogens (tertiary/aromatic N) is 1. The van der Waals surface area contributed by atoms with Crippen molar-refractivity contribution in [3.63, 3.8) is 0 Å². The molecule has 2 saturated carbocycles. The van der Waals surface area contributed by atoms with Gasteiger partial charge in [0.1, 0.15) is 10.8 Å². The van der Waals surface area contributed by atoms with Gasteiger partial charge in [0.15, 0.2) is 0 Å². The minimum Gasteiger partial charge on any atom is -0.426 e. The van der Waals surface area contributed by atoms with Crippen LogP contribution < -0.4 is 4.74 Å². The Morgan fingerprint density at radius 1 is 1.19 bits per heavy atom. The third-order valence-corrected chi connectivity index (χ3v) is 5.62. The van der Waals surface area contributed by atoms with Crippen molar-refractivity contribution >= 4 is 17.3 Å². The molecule has 2 fully saturated rings. The highest BCUT2D eigenvalue weighted by atomic mass is 32.1. The Morgan fingerprint density at radius 3 is 2.67 bits per heavy atom. The maximum atomic E-state index is 12.3. The fourth-order valence-corrected chi connectivity index (χ4v) is 4.40. The first kappa shape index (κ1) is 13.0. The molecule has 4 heteroatoms. The van der Waals surface area contributed by atoms with Crippen LogP contribution in [-0.4, -0.2) is 11.0 Å². The molecule has 1 aromatic carbocycles. The highest BCUT2D eigenvalue weighted by Gasteiger charge is 2.44. The van der Waals surface area contributed by atoms with Gasteiger partial charge in [0.2, 0.25) is 0 Å². The molecule has 2 aromatic rings. The summed E-state index contributed by atoms with van der Waals surface area (Å²) in [6.07, 6.45) is 6.55. The Labute approximate surface area is 128 Å². The van der Waals surface area contributed by atoms with E-state index in [0.29, 0.717) is 11.7 Å². The van der Waals surface area contributed by atoms with E-state index in [9.17, 15) is 4.79 Å². The van der Waals surface area contributed by atoms with Crippen LogP contribution in [0.15, 0.2) is 35.8 Å². The van der Waals surface area contributed by atoms with Gasteiger partial charge in [-0.25, -0.2) is 4.98 Å².